The van der Waals surface area contributed by atoms with Crippen molar-refractivity contribution < 1.29 is 14.6 Å². The van der Waals surface area contributed by atoms with Crippen molar-refractivity contribution >= 4 is 16.7 Å². The topological polar surface area (TPSA) is 59.4 Å². The van der Waals surface area contributed by atoms with Crippen molar-refractivity contribution in [3.8, 4) is 5.75 Å². The fourth-order valence-corrected chi connectivity index (χ4v) is 4.97. The molecule has 4 heteroatoms. The molecule has 0 radical (unpaired) electrons. The number of carboxylic acid groups (broad SMARTS) is 1. The van der Waals surface area contributed by atoms with Gasteiger partial charge in [-0.05, 0) is 67.5 Å². The number of ether oxygens (including phenoxy) is 1. The molecule has 0 atom stereocenters. The molecule has 1 aromatic heterocycles. The van der Waals surface area contributed by atoms with Gasteiger partial charge < -0.3 is 9.84 Å². The highest BCUT2D eigenvalue weighted by molar-refractivity contribution is 5.94. The van der Waals surface area contributed by atoms with Crippen LogP contribution < -0.4 is 4.74 Å². The van der Waals surface area contributed by atoms with Crippen LogP contribution in [0.4, 0.5) is 0 Å². The third-order valence-corrected chi connectivity index (χ3v) is 6.73. The van der Waals surface area contributed by atoms with Crippen LogP contribution in [0.2, 0.25) is 0 Å². The van der Waals surface area contributed by atoms with Crippen molar-refractivity contribution in [3.63, 3.8) is 0 Å². The summed E-state index contributed by atoms with van der Waals surface area (Å²) >= 11 is 0. The molecule has 0 bridgehead atoms. The van der Waals surface area contributed by atoms with Crippen LogP contribution in [0.3, 0.4) is 0 Å². The van der Waals surface area contributed by atoms with Crippen LogP contribution in [0.15, 0.2) is 24.3 Å². The number of aromatic nitrogens is 1. The molecule has 4 rings (SSSR count). The quantitative estimate of drug-likeness (QED) is 0.665. The first-order valence-electron chi connectivity index (χ1n) is 11.0. The van der Waals surface area contributed by atoms with Gasteiger partial charge in [0.25, 0.3) is 0 Å². The van der Waals surface area contributed by atoms with E-state index in [0.29, 0.717) is 12.0 Å². The zero-order valence-electron chi connectivity index (χ0n) is 16.8. The highest BCUT2D eigenvalue weighted by Crippen LogP contribution is 2.33. The summed E-state index contributed by atoms with van der Waals surface area (Å²) in [5, 5.41) is 11.5. The monoisotopic (exact) mass is 381 g/mol. The number of nitrogens with zero attached hydrogens (tertiary/aromatic N) is 1. The van der Waals surface area contributed by atoms with Gasteiger partial charge in [0, 0.05) is 11.1 Å². The SMILES string of the molecule is CCC1CCC(Oc2ccc3cc(C(=O)O)nc(CC4CCCC4)c3c2)CC1. The standard InChI is InChI=1S/C24H31NO3/c1-2-16-7-10-19(11-8-16)28-20-12-9-18-14-23(24(26)27)25-22(21(18)15-20)13-17-5-3-4-6-17/h9,12,14-17,19H,2-8,10-11,13H2,1H3,(H,26,27). The largest absolute Gasteiger partial charge is 0.490 e. The molecule has 150 valence electrons. The summed E-state index contributed by atoms with van der Waals surface area (Å²) in [5.41, 5.74) is 1.06. The Labute approximate surface area is 167 Å². The summed E-state index contributed by atoms with van der Waals surface area (Å²) in [4.78, 5) is 16.0. The molecule has 2 fully saturated rings. The lowest BCUT2D eigenvalue weighted by Crippen LogP contribution is -2.23. The first-order chi connectivity index (χ1) is 13.6. The van der Waals surface area contributed by atoms with Crippen LogP contribution >= 0.6 is 0 Å². The van der Waals surface area contributed by atoms with Gasteiger partial charge in [-0.25, -0.2) is 9.78 Å². The van der Waals surface area contributed by atoms with Gasteiger partial charge in [0.1, 0.15) is 11.4 Å². The van der Waals surface area contributed by atoms with Gasteiger partial charge in [0.2, 0.25) is 0 Å². The van der Waals surface area contributed by atoms with E-state index in [-0.39, 0.29) is 5.69 Å². The number of hydrogen-bond donors (Lipinski definition) is 1. The third-order valence-electron chi connectivity index (χ3n) is 6.73. The molecule has 1 heterocycles. The van der Waals surface area contributed by atoms with E-state index in [1.165, 1.54) is 44.9 Å². The van der Waals surface area contributed by atoms with Crippen LogP contribution in [0.25, 0.3) is 10.8 Å². The molecule has 0 spiro atoms. The Morgan fingerprint density at radius 2 is 1.82 bits per heavy atom. The number of carbonyl (C=O) groups is 1. The molecule has 1 aromatic carbocycles. The Morgan fingerprint density at radius 1 is 1.07 bits per heavy atom. The van der Waals surface area contributed by atoms with Gasteiger partial charge in [-0.15, -0.1) is 0 Å². The maximum Gasteiger partial charge on any atom is 0.354 e. The molecular formula is C24H31NO3. The second kappa shape index (κ2) is 8.50. The summed E-state index contributed by atoms with van der Waals surface area (Å²) in [6.07, 6.45) is 12.2. The predicted octanol–water partition coefficient (Wildman–Crippen LogP) is 6.01. The van der Waals surface area contributed by atoms with E-state index in [0.717, 1.165) is 47.4 Å². The average Bonchev–Trinajstić information content (AvgIpc) is 3.22. The summed E-state index contributed by atoms with van der Waals surface area (Å²) in [7, 11) is 0. The molecule has 0 amide bonds. The lowest BCUT2D eigenvalue weighted by atomic mass is 9.86. The van der Waals surface area contributed by atoms with Gasteiger partial charge in [-0.2, -0.15) is 0 Å². The van der Waals surface area contributed by atoms with Crippen LogP contribution in [-0.4, -0.2) is 22.2 Å². The number of carboxylic acids is 1. The van der Waals surface area contributed by atoms with Crippen LogP contribution in [-0.2, 0) is 6.42 Å². The molecule has 0 saturated heterocycles. The molecule has 1 N–H and O–H groups in total. The molecule has 2 aromatic rings. The average molecular weight is 382 g/mol. The molecule has 28 heavy (non-hydrogen) atoms. The van der Waals surface area contributed by atoms with Gasteiger partial charge >= 0.3 is 5.97 Å². The molecule has 2 aliphatic carbocycles. The summed E-state index contributed by atoms with van der Waals surface area (Å²) < 4.78 is 6.31. The van der Waals surface area contributed by atoms with Crippen LogP contribution in [0, 0.1) is 11.8 Å². The van der Waals surface area contributed by atoms with E-state index in [1.807, 2.05) is 12.1 Å². The number of pyridine rings is 1. The first-order valence-corrected chi connectivity index (χ1v) is 11.0. The fraction of sp³-hybridized carbons (Fsp3) is 0.583. The van der Waals surface area contributed by atoms with Gasteiger partial charge in [0.05, 0.1) is 6.10 Å². The normalized spacial score (nSPS) is 23.2. The fourth-order valence-electron chi connectivity index (χ4n) is 4.97. The second-order valence-corrected chi connectivity index (χ2v) is 8.67. The maximum absolute atomic E-state index is 11.5. The zero-order chi connectivity index (χ0) is 19.5. The van der Waals surface area contributed by atoms with E-state index >= 15 is 0 Å². The van der Waals surface area contributed by atoms with Crippen LogP contribution in [0.1, 0.15) is 80.9 Å². The third kappa shape index (κ3) is 4.31. The number of hydrogen-bond acceptors (Lipinski definition) is 3. The van der Waals surface area contributed by atoms with Crippen molar-refractivity contribution in [1.82, 2.24) is 4.98 Å². The molecule has 4 nitrogen and oxygen atoms in total. The van der Waals surface area contributed by atoms with Crippen molar-refractivity contribution in [1.29, 1.82) is 0 Å². The zero-order valence-corrected chi connectivity index (χ0v) is 16.8. The number of fused-ring (bicyclic) bond motifs is 1. The molecule has 0 aliphatic heterocycles. The number of benzene rings is 1. The number of aromatic carboxylic acids is 1. The molecular weight excluding hydrogens is 350 g/mol. The van der Waals surface area contributed by atoms with Crippen molar-refractivity contribution in [2.75, 3.05) is 0 Å². The van der Waals surface area contributed by atoms with E-state index in [1.54, 1.807) is 6.07 Å². The first kappa shape index (κ1) is 19.2. The lowest BCUT2D eigenvalue weighted by Gasteiger charge is -2.28. The van der Waals surface area contributed by atoms with Crippen molar-refractivity contribution in [3.05, 3.63) is 35.7 Å². The van der Waals surface area contributed by atoms with Crippen molar-refractivity contribution in [2.45, 2.75) is 77.2 Å². The number of rotatable bonds is 6. The van der Waals surface area contributed by atoms with Gasteiger partial charge in [0.15, 0.2) is 0 Å². The summed E-state index contributed by atoms with van der Waals surface area (Å²) in [6.45, 7) is 2.28. The summed E-state index contributed by atoms with van der Waals surface area (Å²) in [5.74, 6) is 1.41. The molecule has 0 unspecified atom stereocenters. The minimum Gasteiger partial charge on any atom is -0.490 e. The molecule has 2 saturated carbocycles. The maximum atomic E-state index is 11.5. The van der Waals surface area contributed by atoms with Gasteiger partial charge in [-0.1, -0.05) is 45.1 Å². The Hall–Kier alpha value is -2.10. The predicted molar refractivity (Wildman–Crippen MR) is 111 cm³/mol. The highest BCUT2D eigenvalue weighted by atomic mass is 16.5. The van der Waals surface area contributed by atoms with Crippen molar-refractivity contribution in [2.24, 2.45) is 11.8 Å². The Morgan fingerprint density at radius 3 is 2.50 bits per heavy atom. The highest BCUT2D eigenvalue weighted by Gasteiger charge is 2.22. The smallest absolute Gasteiger partial charge is 0.354 e. The van der Waals surface area contributed by atoms with E-state index < -0.39 is 5.97 Å². The van der Waals surface area contributed by atoms with E-state index in [9.17, 15) is 9.90 Å². The summed E-state index contributed by atoms with van der Waals surface area (Å²) in [6, 6.07) is 7.75. The Bertz CT molecular complexity index is 833. The van der Waals surface area contributed by atoms with E-state index in [4.69, 9.17) is 4.74 Å². The van der Waals surface area contributed by atoms with Gasteiger partial charge in [-0.3, -0.25) is 0 Å². The Balaban J connectivity index is 1.59. The second-order valence-electron chi connectivity index (χ2n) is 8.67. The van der Waals surface area contributed by atoms with E-state index in [2.05, 4.69) is 18.0 Å². The molecule has 2 aliphatic rings. The Kier molecular flexibility index (Phi) is 5.84. The minimum absolute atomic E-state index is 0.145. The van der Waals surface area contributed by atoms with Crippen LogP contribution in [0.5, 0.6) is 5.75 Å². The lowest BCUT2D eigenvalue weighted by molar-refractivity contribution is 0.0690. The minimum atomic E-state index is -0.956.